The second-order valence-electron chi connectivity index (χ2n) is 4.10. The van der Waals surface area contributed by atoms with Gasteiger partial charge in [-0.1, -0.05) is 18.5 Å². The minimum Gasteiger partial charge on any atom is -0.493 e. The molecular formula is C13H15ClN2O4S. The van der Waals surface area contributed by atoms with E-state index < -0.39 is 5.97 Å². The van der Waals surface area contributed by atoms with E-state index in [1.54, 1.807) is 0 Å². The Labute approximate surface area is 132 Å². The molecule has 0 aromatic heterocycles. The van der Waals surface area contributed by atoms with Crippen molar-refractivity contribution in [1.29, 1.82) is 0 Å². The van der Waals surface area contributed by atoms with Crippen molar-refractivity contribution in [2.75, 3.05) is 12.4 Å². The van der Waals surface area contributed by atoms with Crippen molar-refractivity contribution in [3.8, 4) is 5.75 Å². The van der Waals surface area contributed by atoms with Crippen molar-refractivity contribution in [3.63, 3.8) is 0 Å². The first-order valence-electron chi connectivity index (χ1n) is 6.10. The molecule has 0 aliphatic heterocycles. The van der Waals surface area contributed by atoms with Crippen LogP contribution in [0.5, 0.6) is 5.75 Å². The molecule has 114 valence electrons. The lowest BCUT2D eigenvalue weighted by molar-refractivity contribution is -0.119. The van der Waals surface area contributed by atoms with Gasteiger partial charge in [-0.15, -0.1) is 0 Å². The van der Waals surface area contributed by atoms with E-state index in [-0.39, 0.29) is 33.0 Å². The highest BCUT2D eigenvalue weighted by atomic mass is 35.5. The van der Waals surface area contributed by atoms with Crippen LogP contribution in [-0.4, -0.2) is 29.2 Å². The van der Waals surface area contributed by atoms with Crippen LogP contribution in [0.3, 0.4) is 0 Å². The van der Waals surface area contributed by atoms with Crippen LogP contribution in [-0.2, 0) is 4.79 Å². The van der Waals surface area contributed by atoms with Crippen LogP contribution in [0, 0.1) is 0 Å². The number of amides is 1. The number of rotatable bonds is 5. The molecule has 6 nitrogen and oxygen atoms in total. The van der Waals surface area contributed by atoms with Gasteiger partial charge in [-0.3, -0.25) is 4.79 Å². The van der Waals surface area contributed by atoms with E-state index >= 15 is 0 Å². The zero-order chi connectivity index (χ0) is 16.0. The number of anilines is 1. The molecule has 0 saturated carbocycles. The normalized spacial score (nSPS) is 9.86. The quantitative estimate of drug-likeness (QED) is 0.719. The highest BCUT2D eigenvalue weighted by molar-refractivity contribution is 7.80. The van der Waals surface area contributed by atoms with Gasteiger partial charge in [-0.2, -0.15) is 0 Å². The lowest BCUT2D eigenvalue weighted by atomic mass is 10.2. The average molecular weight is 331 g/mol. The molecule has 0 saturated heterocycles. The SMILES string of the molecule is CCCC(=O)NC(=S)Nc1cc(C(=O)O)cc(Cl)c1OC. The molecule has 1 aromatic rings. The Morgan fingerprint density at radius 2 is 2.10 bits per heavy atom. The Kier molecular flexibility index (Phi) is 6.39. The van der Waals surface area contributed by atoms with Crippen molar-refractivity contribution in [2.24, 2.45) is 0 Å². The number of carboxylic acid groups (broad SMARTS) is 1. The summed E-state index contributed by atoms with van der Waals surface area (Å²) in [6.07, 6.45) is 1.03. The van der Waals surface area contributed by atoms with E-state index in [1.807, 2.05) is 6.92 Å². The lowest BCUT2D eigenvalue weighted by Crippen LogP contribution is -2.34. The lowest BCUT2D eigenvalue weighted by Gasteiger charge is -2.14. The van der Waals surface area contributed by atoms with Gasteiger partial charge in [0.2, 0.25) is 5.91 Å². The monoisotopic (exact) mass is 330 g/mol. The third-order valence-electron chi connectivity index (χ3n) is 2.47. The molecule has 0 heterocycles. The van der Waals surface area contributed by atoms with E-state index in [9.17, 15) is 9.59 Å². The first-order valence-corrected chi connectivity index (χ1v) is 6.89. The second kappa shape index (κ2) is 7.80. The minimum atomic E-state index is -1.14. The molecule has 0 unspecified atom stereocenters. The maximum absolute atomic E-state index is 11.5. The summed E-state index contributed by atoms with van der Waals surface area (Å²) in [6.45, 7) is 1.87. The molecular weight excluding hydrogens is 316 g/mol. The highest BCUT2D eigenvalue weighted by Crippen LogP contribution is 2.34. The van der Waals surface area contributed by atoms with Gasteiger partial charge in [-0.05, 0) is 30.8 Å². The summed E-state index contributed by atoms with van der Waals surface area (Å²) >= 11 is 11.0. The molecule has 1 amide bonds. The molecule has 0 radical (unpaired) electrons. The molecule has 1 rings (SSSR count). The largest absolute Gasteiger partial charge is 0.493 e. The van der Waals surface area contributed by atoms with E-state index in [0.717, 1.165) is 0 Å². The first-order chi connectivity index (χ1) is 9.88. The topological polar surface area (TPSA) is 87.7 Å². The third-order valence-corrected chi connectivity index (χ3v) is 2.96. The number of methoxy groups -OCH3 is 1. The van der Waals surface area contributed by atoms with Crippen molar-refractivity contribution >= 4 is 46.5 Å². The van der Waals surface area contributed by atoms with Crippen LogP contribution in [0.2, 0.25) is 5.02 Å². The zero-order valence-corrected chi connectivity index (χ0v) is 13.1. The Hall–Kier alpha value is -1.86. The molecule has 0 atom stereocenters. The van der Waals surface area contributed by atoms with Crippen molar-refractivity contribution in [2.45, 2.75) is 19.8 Å². The smallest absolute Gasteiger partial charge is 0.335 e. The van der Waals surface area contributed by atoms with Crippen LogP contribution in [0.25, 0.3) is 0 Å². The van der Waals surface area contributed by atoms with Crippen molar-refractivity contribution in [3.05, 3.63) is 22.7 Å². The Balaban J connectivity index is 2.98. The van der Waals surface area contributed by atoms with Crippen LogP contribution in [0.4, 0.5) is 5.69 Å². The Bertz CT molecular complexity index is 578. The van der Waals surface area contributed by atoms with Gasteiger partial charge in [0.15, 0.2) is 10.9 Å². The number of carbonyl (C=O) groups excluding carboxylic acids is 1. The van der Waals surface area contributed by atoms with Crippen LogP contribution in [0.1, 0.15) is 30.1 Å². The van der Waals surface area contributed by atoms with Crippen LogP contribution >= 0.6 is 23.8 Å². The molecule has 0 bridgehead atoms. The van der Waals surface area contributed by atoms with Crippen LogP contribution < -0.4 is 15.4 Å². The summed E-state index contributed by atoms with van der Waals surface area (Å²) < 4.78 is 5.10. The highest BCUT2D eigenvalue weighted by Gasteiger charge is 2.15. The maximum Gasteiger partial charge on any atom is 0.335 e. The van der Waals surface area contributed by atoms with Crippen molar-refractivity contribution < 1.29 is 19.4 Å². The first kappa shape index (κ1) is 17.2. The van der Waals surface area contributed by atoms with Gasteiger partial charge in [0.05, 0.1) is 23.4 Å². The predicted molar refractivity (Wildman–Crippen MR) is 84.2 cm³/mol. The number of halogens is 1. The van der Waals surface area contributed by atoms with E-state index in [0.29, 0.717) is 12.8 Å². The molecule has 0 spiro atoms. The Morgan fingerprint density at radius 1 is 1.43 bits per heavy atom. The van der Waals surface area contributed by atoms with Gasteiger partial charge in [-0.25, -0.2) is 4.79 Å². The van der Waals surface area contributed by atoms with Gasteiger partial charge in [0.25, 0.3) is 0 Å². The summed E-state index contributed by atoms with van der Waals surface area (Å²) in [4.78, 5) is 22.5. The average Bonchev–Trinajstić information content (AvgIpc) is 2.38. The molecule has 3 N–H and O–H groups in total. The summed E-state index contributed by atoms with van der Waals surface area (Å²) in [5.74, 6) is -1.12. The standard InChI is InChI=1S/C13H15ClN2O4S/c1-3-4-10(17)16-13(21)15-9-6-7(12(18)19)5-8(14)11(9)20-2/h5-6H,3-4H2,1-2H3,(H,18,19)(H2,15,16,17,21). The fourth-order valence-corrected chi connectivity index (χ4v) is 2.11. The van der Waals surface area contributed by atoms with E-state index in [4.69, 9.17) is 33.7 Å². The number of aromatic carboxylic acids is 1. The molecule has 1 aromatic carbocycles. The minimum absolute atomic E-state index is 0.0222. The van der Waals surface area contributed by atoms with E-state index in [1.165, 1.54) is 19.2 Å². The van der Waals surface area contributed by atoms with Crippen LogP contribution in [0.15, 0.2) is 12.1 Å². The van der Waals surface area contributed by atoms with Gasteiger partial charge in [0.1, 0.15) is 0 Å². The number of hydrogen-bond donors (Lipinski definition) is 3. The zero-order valence-electron chi connectivity index (χ0n) is 11.5. The van der Waals surface area contributed by atoms with Gasteiger partial charge in [0, 0.05) is 6.42 Å². The second-order valence-corrected chi connectivity index (χ2v) is 4.91. The van der Waals surface area contributed by atoms with Gasteiger partial charge >= 0.3 is 5.97 Å². The summed E-state index contributed by atoms with van der Waals surface area (Å²) in [5, 5.41) is 14.4. The predicted octanol–water partition coefficient (Wildman–Crippen LogP) is 2.66. The maximum atomic E-state index is 11.5. The molecule has 0 fully saturated rings. The van der Waals surface area contributed by atoms with E-state index in [2.05, 4.69) is 10.6 Å². The van der Waals surface area contributed by atoms with Crippen molar-refractivity contribution in [1.82, 2.24) is 5.32 Å². The third kappa shape index (κ3) is 4.87. The summed E-state index contributed by atoms with van der Waals surface area (Å²) in [7, 11) is 1.39. The number of nitrogens with one attached hydrogen (secondary N) is 2. The molecule has 8 heteroatoms. The number of benzene rings is 1. The molecule has 0 aliphatic carbocycles. The molecule has 0 aliphatic rings. The van der Waals surface area contributed by atoms with Gasteiger partial charge < -0.3 is 20.5 Å². The Morgan fingerprint density at radius 3 is 2.62 bits per heavy atom. The number of carboxylic acids is 1. The number of carbonyl (C=O) groups is 2. The summed E-state index contributed by atoms with van der Waals surface area (Å²) in [5.41, 5.74) is 0.246. The number of thiocarbonyl (C=S) groups is 1. The fraction of sp³-hybridized carbons (Fsp3) is 0.308. The summed E-state index contributed by atoms with van der Waals surface area (Å²) in [6, 6.07) is 2.60. The fourth-order valence-electron chi connectivity index (χ4n) is 1.59. The number of ether oxygens (including phenoxy) is 1. The number of hydrogen-bond acceptors (Lipinski definition) is 4. The molecule has 21 heavy (non-hydrogen) atoms.